The Labute approximate surface area is 259 Å². The summed E-state index contributed by atoms with van der Waals surface area (Å²) in [5, 5.41) is 5.40. The van der Waals surface area contributed by atoms with Crippen molar-refractivity contribution in [3.63, 3.8) is 0 Å². The first-order valence-electron chi connectivity index (χ1n) is 15.4. The van der Waals surface area contributed by atoms with E-state index in [-0.39, 0.29) is 31.1 Å². The summed E-state index contributed by atoms with van der Waals surface area (Å²) in [6, 6.07) is 0. The van der Waals surface area contributed by atoms with Crippen LogP contribution < -0.4 is 10.6 Å². The van der Waals surface area contributed by atoms with Gasteiger partial charge in [0.15, 0.2) is 0 Å². The van der Waals surface area contributed by atoms with E-state index >= 15 is 0 Å². The highest BCUT2D eigenvalue weighted by Gasteiger charge is 2.23. The van der Waals surface area contributed by atoms with Gasteiger partial charge in [0.05, 0.1) is 79.3 Å². The van der Waals surface area contributed by atoms with E-state index in [4.69, 9.17) is 33.2 Å². The van der Waals surface area contributed by atoms with E-state index in [1.807, 2.05) is 0 Å². The van der Waals surface area contributed by atoms with Gasteiger partial charge >= 0.3 is 6.09 Å². The molecular weight excluding hydrogens is 578 g/mol. The zero-order valence-corrected chi connectivity index (χ0v) is 25.7. The fourth-order valence-electron chi connectivity index (χ4n) is 4.08. The van der Waals surface area contributed by atoms with Crippen LogP contribution in [-0.2, 0) is 47.5 Å². The van der Waals surface area contributed by atoms with Gasteiger partial charge in [-0.05, 0) is 32.1 Å². The molecular formula is C30H49N3O11. The number of carbonyl (C=O) groups excluding carboxylic acids is 4. The van der Waals surface area contributed by atoms with Gasteiger partial charge in [-0.2, -0.15) is 0 Å². The summed E-state index contributed by atoms with van der Waals surface area (Å²) in [6.07, 6.45) is 11.2. The number of allylic oxidation sites excluding steroid dienone is 2. The van der Waals surface area contributed by atoms with Crippen LogP contribution in [0, 0.1) is 0 Å². The van der Waals surface area contributed by atoms with E-state index in [1.165, 1.54) is 12.2 Å². The molecule has 0 fully saturated rings. The van der Waals surface area contributed by atoms with E-state index in [2.05, 4.69) is 22.8 Å². The van der Waals surface area contributed by atoms with Crippen LogP contribution in [0.5, 0.6) is 0 Å². The SMILES string of the molecule is O=C(CCN1C(=O)C=CC1=O)NCCOCCOCCOCCOCCOCCOCCNC(=O)OC1CC/C=C/CCC1. The largest absolute Gasteiger partial charge is 0.446 e. The Morgan fingerprint density at radius 2 is 1.14 bits per heavy atom. The third kappa shape index (κ3) is 19.4. The minimum absolute atomic E-state index is 0.0171. The number of rotatable bonds is 25. The second-order valence-corrected chi connectivity index (χ2v) is 9.87. The Kier molecular flexibility index (Phi) is 21.6. The first-order chi connectivity index (χ1) is 21.6. The van der Waals surface area contributed by atoms with Crippen LogP contribution in [0.25, 0.3) is 0 Å². The van der Waals surface area contributed by atoms with Gasteiger partial charge in [-0.25, -0.2) is 4.79 Å². The van der Waals surface area contributed by atoms with Gasteiger partial charge in [0, 0.05) is 38.2 Å². The average Bonchev–Trinajstić information content (AvgIpc) is 3.32. The molecule has 2 N–H and O–H groups in total. The fraction of sp³-hybridized carbons (Fsp3) is 0.733. The first-order valence-corrected chi connectivity index (χ1v) is 15.4. The molecule has 0 aromatic rings. The topological polar surface area (TPSA) is 160 Å². The van der Waals surface area contributed by atoms with Crippen LogP contribution in [0.3, 0.4) is 0 Å². The minimum atomic E-state index is -0.397. The van der Waals surface area contributed by atoms with E-state index in [0.29, 0.717) is 92.4 Å². The molecule has 0 saturated carbocycles. The van der Waals surface area contributed by atoms with Crippen LogP contribution in [-0.4, -0.2) is 134 Å². The van der Waals surface area contributed by atoms with Crippen LogP contribution >= 0.6 is 0 Å². The van der Waals surface area contributed by atoms with Crippen molar-refractivity contribution in [1.82, 2.24) is 15.5 Å². The molecule has 0 aromatic carbocycles. The summed E-state index contributed by atoms with van der Waals surface area (Å²) in [5.74, 6) is -1.05. The monoisotopic (exact) mass is 627 g/mol. The summed E-state index contributed by atoms with van der Waals surface area (Å²) in [4.78, 5) is 47.6. The van der Waals surface area contributed by atoms with Gasteiger partial charge < -0.3 is 43.8 Å². The molecule has 44 heavy (non-hydrogen) atoms. The van der Waals surface area contributed by atoms with Crippen molar-refractivity contribution >= 4 is 23.8 Å². The third-order valence-corrected chi connectivity index (χ3v) is 6.40. The molecule has 2 aliphatic rings. The molecule has 0 bridgehead atoms. The van der Waals surface area contributed by atoms with Crippen molar-refractivity contribution in [3.8, 4) is 0 Å². The molecule has 1 unspecified atom stereocenters. The van der Waals surface area contributed by atoms with E-state index in [9.17, 15) is 19.2 Å². The maximum atomic E-state index is 11.9. The predicted molar refractivity (Wildman–Crippen MR) is 159 cm³/mol. The average molecular weight is 628 g/mol. The van der Waals surface area contributed by atoms with Crippen LogP contribution in [0.1, 0.15) is 38.5 Å². The number of alkyl carbamates (subject to hydrolysis) is 1. The summed E-state index contributed by atoms with van der Waals surface area (Å²) in [5.41, 5.74) is 0. The van der Waals surface area contributed by atoms with Crippen molar-refractivity contribution in [2.45, 2.75) is 44.6 Å². The Hall–Kier alpha value is -2.88. The van der Waals surface area contributed by atoms with Crippen molar-refractivity contribution in [3.05, 3.63) is 24.3 Å². The molecule has 14 nitrogen and oxygen atoms in total. The molecule has 1 heterocycles. The standard InChI is InChI=1S/C30H49N3O11/c34-27(10-13-33-28(35)8-9-29(33)36)31-11-14-38-16-18-40-20-22-42-24-25-43-23-21-41-19-17-39-15-12-32-30(37)44-26-6-4-2-1-3-5-7-26/h1-2,8-9,26H,3-7,10-25H2,(H,31,34)(H,32,37)/b2-1+. The molecule has 0 spiro atoms. The molecule has 14 heteroatoms. The Bertz CT molecular complexity index is 866. The lowest BCUT2D eigenvalue weighted by atomic mass is 10.0. The predicted octanol–water partition coefficient (Wildman–Crippen LogP) is 1.13. The summed E-state index contributed by atoms with van der Waals surface area (Å²) in [6.45, 7) is 5.86. The number of hydrogen-bond acceptors (Lipinski definition) is 11. The fourth-order valence-corrected chi connectivity index (χ4v) is 4.08. The van der Waals surface area contributed by atoms with Crippen LogP contribution in [0.4, 0.5) is 4.79 Å². The summed E-state index contributed by atoms with van der Waals surface area (Å²) in [7, 11) is 0. The summed E-state index contributed by atoms with van der Waals surface area (Å²) >= 11 is 0. The Morgan fingerprint density at radius 3 is 1.68 bits per heavy atom. The van der Waals surface area contributed by atoms with Crippen molar-refractivity contribution in [2.24, 2.45) is 0 Å². The van der Waals surface area contributed by atoms with Gasteiger partial charge in [-0.15, -0.1) is 0 Å². The van der Waals surface area contributed by atoms with Crippen molar-refractivity contribution in [2.75, 3.05) is 98.9 Å². The number of nitrogens with one attached hydrogen (secondary N) is 2. The van der Waals surface area contributed by atoms with E-state index in [0.717, 1.165) is 37.0 Å². The maximum absolute atomic E-state index is 11.9. The van der Waals surface area contributed by atoms with Crippen LogP contribution in [0.15, 0.2) is 24.3 Å². The lowest BCUT2D eigenvalue weighted by Gasteiger charge is -2.18. The van der Waals surface area contributed by atoms with E-state index in [1.54, 1.807) is 0 Å². The Morgan fingerprint density at radius 1 is 0.659 bits per heavy atom. The second kappa shape index (κ2) is 25.4. The van der Waals surface area contributed by atoms with Crippen molar-refractivity contribution in [1.29, 1.82) is 0 Å². The maximum Gasteiger partial charge on any atom is 0.407 e. The van der Waals surface area contributed by atoms with Crippen molar-refractivity contribution < 1.29 is 52.3 Å². The molecule has 4 amide bonds. The minimum Gasteiger partial charge on any atom is -0.446 e. The highest BCUT2D eigenvalue weighted by atomic mass is 16.6. The molecule has 1 atom stereocenters. The third-order valence-electron chi connectivity index (χ3n) is 6.40. The molecule has 250 valence electrons. The quantitative estimate of drug-likeness (QED) is 0.0849. The lowest BCUT2D eigenvalue weighted by molar-refractivity contribution is -0.137. The molecule has 2 rings (SSSR count). The van der Waals surface area contributed by atoms with Gasteiger partial charge in [0.25, 0.3) is 11.8 Å². The molecule has 0 aromatic heterocycles. The highest BCUT2D eigenvalue weighted by Crippen LogP contribution is 2.15. The van der Waals surface area contributed by atoms with Gasteiger partial charge in [-0.1, -0.05) is 12.2 Å². The second-order valence-electron chi connectivity index (χ2n) is 9.87. The lowest BCUT2D eigenvalue weighted by Crippen LogP contribution is -2.35. The first kappa shape index (κ1) is 37.3. The zero-order valence-electron chi connectivity index (χ0n) is 25.7. The number of carbonyl (C=O) groups is 4. The molecule has 0 radical (unpaired) electrons. The summed E-state index contributed by atoms with van der Waals surface area (Å²) < 4.78 is 38.1. The smallest absolute Gasteiger partial charge is 0.407 e. The molecule has 1 aliphatic heterocycles. The normalized spacial score (nSPS) is 17.4. The van der Waals surface area contributed by atoms with Gasteiger partial charge in [0.1, 0.15) is 6.10 Å². The molecule has 0 saturated heterocycles. The number of nitrogens with zero attached hydrogens (tertiary/aromatic N) is 1. The number of imide groups is 1. The van der Waals surface area contributed by atoms with E-state index < -0.39 is 11.8 Å². The highest BCUT2D eigenvalue weighted by molar-refractivity contribution is 6.13. The Balaban J connectivity index is 1.21. The number of amides is 4. The number of hydrogen-bond donors (Lipinski definition) is 2. The van der Waals surface area contributed by atoms with Crippen LogP contribution in [0.2, 0.25) is 0 Å². The zero-order chi connectivity index (χ0) is 31.5. The molecule has 1 aliphatic carbocycles. The van der Waals surface area contributed by atoms with Gasteiger partial charge in [0.2, 0.25) is 5.91 Å². The van der Waals surface area contributed by atoms with Gasteiger partial charge in [-0.3, -0.25) is 19.3 Å². The number of ether oxygens (including phenoxy) is 7.